The predicted octanol–water partition coefficient (Wildman–Crippen LogP) is 7.33. The summed E-state index contributed by atoms with van der Waals surface area (Å²) in [6.45, 7) is 11.9. The molecule has 8 nitrogen and oxygen atoms in total. The maximum atomic E-state index is 13.0. The Morgan fingerprint density at radius 3 is 1.89 bits per heavy atom. The normalized spacial score (nSPS) is 18.8. The second-order valence-electron chi connectivity index (χ2n) is 13.4. The van der Waals surface area contributed by atoms with Crippen LogP contribution in [0.3, 0.4) is 0 Å². The van der Waals surface area contributed by atoms with E-state index in [1.807, 2.05) is 89.3 Å². The minimum atomic E-state index is -2.04. The maximum absolute atomic E-state index is 13.0. The van der Waals surface area contributed by atoms with Crippen molar-refractivity contribution in [3.05, 3.63) is 126 Å². The molecule has 2 heterocycles. The van der Waals surface area contributed by atoms with Crippen molar-refractivity contribution in [3.63, 3.8) is 0 Å². The highest BCUT2D eigenvalue weighted by atomic mass is 127. The summed E-state index contributed by atoms with van der Waals surface area (Å²) < 4.78 is 27.1. The van der Waals surface area contributed by atoms with Crippen LogP contribution in [0.5, 0.6) is 11.5 Å². The van der Waals surface area contributed by atoms with E-state index >= 15 is 0 Å². The van der Waals surface area contributed by atoms with Gasteiger partial charge in [0, 0.05) is 6.20 Å². The first kappa shape index (κ1) is 34.1. The Kier molecular flexibility index (Phi) is 10.0. The van der Waals surface area contributed by atoms with Crippen LogP contribution < -0.4 is 20.7 Å². The third-order valence-corrected chi connectivity index (χ3v) is 17.1. The first-order valence-electron chi connectivity index (χ1n) is 15.5. The van der Waals surface area contributed by atoms with E-state index < -0.39 is 31.2 Å². The van der Waals surface area contributed by atoms with E-state index in [-0.39, 0.29) is 23.3 Å². The number of nitrogens with zero attached hydrogens (tertiary/aromatic N) is 1. The van der Waals surface area contributed by atoms with Crippen LogP contribution in [0.25, 0.3) is 0 Å². The molecule has 0 aliphatic carbocycles. The first-order valence-corrected chi connectivity index (χ1v) is 19.6. The largest absolute Gasteiger partial charge is 0.497 e. The van der Waals surface area contributed by atoms with Crippen molar-refractivity contribution in [1.29, 1.82) is 0 Å². The quantitative estimate of drug-likeness (QED) is 0.104. The third-order valence-electron chi connectivity index (χ3n) is 9.97. The number of hydrogen-bond donors (Lipinski definition) is 1. The van der Waals surface area contributed by atoms with Crippen LogP contribution in [0.1, 0.15) is 50.1 Å². The number of aromatic nitrogens is 2. The zero-order valence-corrected chi connectivity index (χ0v) is 30.7. The van der Waals surface area contributed by atoms with E-state index in [0.717, 1.165) is 28.2 Å². The Hall–Kier alpha value is -3.19. The van der Waals surface area contributed by atoms with Crippen molar-refractivity contribution < 1.29 is 18.9 Å². The van der Waals surface area contributed by atoms with E-state index in [2.05, 4.69) is 51.0 Å². The van der Waals surface area contributed by atoms with Gasteiger partial charge >= 0.3 is 5.69 Å². The number of H-pyrrole nitrogens is 1. The summed E-state index contributed by atoms with van der Waals surface area (Å²) in [5, 5.41) is 0.0566. The molecular formula is C36H43IN2O6Si. The Labute approximate surface area is 285 Å². The molecule has 5 rings (SSSR count). The van der Waals surface area contributed by atoms with E-state index in [1.54, 1.807) is 20.4 Å². The Balaban J connectivity index is 1.63. The SMILES string of the molecule is COc1ccc(C(OCC2OC(n3cc(I)c(=O)[nH]c3=O)CC2[Si](C)(C)C(C)(C)C)(c2ccccc2)c2ccc(OC)cc2)cc1. The molecule has 4 aromatic rings. The average Bonchev–Trinajstić information content (AvgIpc) is 3.48. The number of rotatable bonds is 10. The number of nitrogens with one attached hydrogen (secondary N) is 1. The van der Waals surface area contributed by atoms with Gasteiger partial charge in [-0.1, -0.05) is 88.5 Å². The van der Waals surface area contributed by atoms with Crippen LogP contribution in [-0.2, 0) is 15.1 Å². The topological polar surface area (TPSA) is 91.8 Å². The summed E-state index contributed by atoms with van der Waals surface area (Å²) in [4.78, 5) is 27.6. The van der Waals surface area contributed by atoms with Gasteiger partial charge in [-0.2, -0.15) is 0 Å². The molecule has 3 unspecified atom stereocenters. The smallest absolute Gasteiger partial charge is 0.330 e. The van der Waals surface area contributed by atoms with E-state index in [4.69, 9.17) is 18.9 Å². The molecule has 0 radical (unpaired) electrons. The summed E-state index contributed by atoms with van der Waals surface area (Å²) in [5.74, 6) is 1.50. The number of benzene rings is 3. The maximum Gasteiger partial charge on any atom is 0.330 e. The molecule has 0 bridgehead atoms. The predicted molar refractivity (Wildman–Crippen MR) is 192 cm³/mol. The molecule has 0 spiro atoms. The number of ether oxygens (including phenoxy) is 4. The van der Waals surface area contributed by atoms with Gasteiger partial charge in [0.05, 0.1) is 38.6 Å². The molecule has 1 aromatic heterocycles. The fraction of sp³-hybridized carbons (Fsp3) is 0.389. The first-order chi connectivity index (χ1) is 21.8. The van der Waals surface area contributed by atoms with Crippen LogP contribution in [0.2, 0.25) is 23.7 Å². The van der Waals surface area contributed by atoms with E-state index in [0.29, 0.717) is 9.99 Å². The highest BCUT2D eigenvalue weighted by Crippen LogP contribution is 2.53. The van der Waals surface area contributed by atoms with Gasteiger partial charge in [0.25, 0.3) is 5.56 Å². The van der Waals surface area contributed by atoms with Crippen LogP contribution in [0, 0.1) is 3.57 Å². The molecule has 0 amide bonds. The van der Waals surface area contributed by atoms with Crippen molar-refractivity contribution in [2.45, 2.75) is 68.8 Å². The zero-order chi connectivity index (χ0) is 33.3. The minimum absolute atomic E-state index is 0.0566. The standard InChI is InChI=1S/C36H43IN2O6Si/c1-35(2,3)46(6,7)31-21-32(39-22-29(37)33(40)38-34(39)41)45-30(31)23-44-36(24-11-9-8-10-12-24,25-13-17-27(42-4)18-14-25)26-15-19-28(43-5)20-16-26/h8-20,22,30-32H,21,23H2,1-7H3,(H,38,40,41). The van der Waals surface area contributed by atoms with Gasteiger partial charge in [0.15, 0.2) is 0 Å². The zero-order valence-electron chi connectivity index (χ0n) is 27.5. The Morgan fingerprint density at radius 1 is 0.870 bits per heavy atom. The summed E-state index contributed by atoms with van der Waals surface area (Å²) in [6, 6.07) is 26.2. The lowest BCUT2D eigenvalue weighted by atomic mass is 9.80. The molecule has 1 fully saturated rings. The second-order valence-corrected chi connectivity index (χ2v) is 20.2. The number of hydrogen-bond acceptors (Lipinski definition) is 6. The van der Waals surface area contributed by atoms with Gasteiger partial charge in [-0.25, -0.2) is 4.79 Å². The molecule has 3 aromatic carbocycles. The van der Waals surface area contributed by atoms with Gasteiger partial charge in [-0.05, 0) is 80.5 Å². The molecule has 10 heteroatoms. The summed E-state index contributed by atoms with van der Waals surface area (Å²) >= 11 is 1.96. The summed E-state index contributed by atoms with van der Waals surface area (Å²) in [5.41, 5.74) is 1.14. The van der Waals surface area contributed by atoms with Crippen molar-refractivity contribution in [3.8, 4) is 11.5 Å². The molecule has 1 N–H and O–H groups in total. The fourth-order valence-corrected chi connectivity index (χ4v) is 9.77. The number of methoxy groups -OCH3 is 2. The second kappa shape index (κ2) is 13.5. The molecule has 244 valence electrons. The minimum Gasteiger partial charge on any atom is -0.497 e. The molecule has 3 atom stereocenters. The highest BCUT2D eigenvalue weighted by molar-refractivity contribution is 14.1. The summed E-state index contributed by atoms with van der Waals surface area (Å²) in [6.07, 6.45) is 1.41. The van der Waals surface area contributed by atoms with Gasteiger partial charge in [0.2, 0.25) is 0 Å². The third kappa shape index (κ3) is 6.49. The average molecular weight is 755 g/mol. The lowest BCUT2D eigenvalue weighted by Crippen LogP contribution is -2.47. The van der Waals surface area contributed by atoms with Crippen LogP contribution in [0.15, 0.2) is 94.6 Å². The van der Waals surface area contributed by atoms with Crippen molar-refractivity contribution in [2.75, 3.05) is 20.8 Å². The molecule has 1 saturated heterocycles. The fourth-order valence-electron chi connectivity index (χ4n) is 6.33. The lowest BCUT2D eigenvalue weighted by molar-refractivity contribution is -0.0777. The van der Waals surface area contributed by atoms with E-state index in [1.165, 1.54) is 4.57 Å². The molecule has 1 aliphatic heterocycles. The summed E-state index contributed by atoms with van der Waals surface area (Å²) in [7, 11) is 1.27. The van der Waals surface area contributed by atoms with Crippen molar-refractivity contribution >= 4 is 30.7 Å². The monoisotopic (exact) mass is 754 g/mol. The van der Waals surface area contributed by atoms with E-state index in [9.17, 15) is 9.59 Å². The van der Waals surface area contributed by atoms with Gasteiger partial charge in [-0.3, -0.25) is 14.3 Å². The molecular weight excluding hydrogens is 711 g/mol. The molecule has 0 saturated carbocycles. The van der Waals surface area contributed by atoms with Crippen LogP contribution >= 0.6 is 22.6 Å². The van der Waals surface area contributed by atoms with Crippen LogP contribution in [0.4, 0.5) is 0 Å². The molecule has 46 heavy (non-hydrogen) atoms. The van der Waals surface area contributed by atoms with Crippen molar-refractivity contribution in [2.24, 2.45) is 0 Å². The Bertz CT molecular complexity index is 1700. The lowest BCUT2D eigenvalue weighted by Gasteiger charge is -2.44. The highest BCUT2D eigenvalue weighted by Gasteiger charge is 2.52. The number of aromatic amines is 1. The number of halogens is 1. The van der Waals surface area contributed by atoms with Crippen molar-refractivity contribution in [1.82, 2.24) is 9.55 Å². The van der Waals surface area contributed by atoms with Gasteiger partial charge in [0.1, 0.15) is 23.3 Å². The van der Waals surface area contributed by atoms with Gasteiger partial charge in [-0.15, -0.1) is 0 Å². The van der Waals surface area contributed by atoms with Gasteiger partial charge < -0.3 is 18.9 Å². The molecule has 1 aliphatic rings. The van der Waals surface area contributed by atoms with Crippen LogP contribution in [-0.4, -0.2) is 44.6 Å². The Morgan fingerprint density at radius 2 is 1.39 bits per heavy atom.